The number of aromatic nitrogens is 1. The van der Waals surface area contributed by atoms with Crippen LogP contribution < -0.4 is 20.2 Å². The number of hydrogen-bond acceptors (Lipinski definition) is 4. The van der Waals surface area contributed by atoms with Gasteiger partial charge in [0.25, 0.3) is 5.91 Å². The van der Waals surface area contributed by atoms with Crippen LogP contribution in [0.3, 0.4) is 0 Å². The zero-order chi connectivity index (χ0) is 16.8. The minimum Gasteiger partial charge on any atom is -0.492 e. The molecule has 0 atom stereocenters. The summed E-state index contributed by atoms with van der Waals surface area (Å²) in [4.78, 5) is 24.4. The quantitative estimate of drug-likeness (QED) is 0.888. The van der Waals surface area contributed by atoms with Crippen molar-refractivity contribution >= 4 is 11.6 Å². The molecule has 0 unspecified atom stereocenters. The van der Waals surface area contributed by atoms with Crippen LogP contribution in [0.25, 0.3) is 0 Å². The number of nitrogens with zero attached hydrogens (tertiary/aromatic N) is 1. The van der Waals surface area contributed by atoms with Crippen LogP contribution in [-0.4, -0.2) is 23.7 Å². The van der Waals surface area contributed by atoms with Crippen LogP contribution in [0.1, 0.15) is 24.3 Å². The Hall–Kier alpha value is -2.76. The Balaban J connectivity index is 2.28. The number of carbonyl (C=O) groups excluding carboxylic acids is 1. The fraction of sp³-hybridized carbons (Fsp3) is 0.294. The summed E-state index contributed by atoms with van der Waals surface area (Å²) < 4.78 is 12.3. The van der Waals surface area contributed by atoms with E-state index < -0.39 is 0 Å². The molecule has 0 spiro atoms. The molecule has 0 saturated carbocycles. The molecule has 2 aromatic rings. The molecule has 0 saturated heterocycles. The number of pyridine rings is 1. The molecule has 0 aliphatic heterocycles. The van der Waals surface area contributed by atoms with Crippen molar-refractivity contribution in [3.8, 4) is 11.5 Å². The van der Waals surface area contributed by atoms with E-state index in [0.29, 0.717) is 24.7 Å². The van der Waals surface area contributed by atoms with Gasteiger partial charge in [-0.1, -0.05) is 12.1 Å². The van der Waals surface area contributed by atoms with Crippen LogP contribution in [0, 0.1) is 0 Å². The molecule has 1 heterocycles. The third-order valence-corrected chi connectivity index (χ3v) is 3.17. The molecule has 1 amide bonds. The molecule has 1 N–H and O–H groups in total. The summed E-state index contributed by atoms with van der Waals surface area (Å²) in [5.74, 6) is 0.417. The maximum Gasteiger partial charge on any atom is 0.272 e. The molecule has 23 heavy (non-hydrogen) atoms. The van der Waals surface area contributed by atoms with Crippen molar-refractivity contribution in [3.05, 3.63) is 52.4 Å². The highest BCUT2D eigenvalue weighted by Gasteiger charge is 2.14. The highest BCUT2D eigenvalue weighted by Crippen LogP contribution is 2.24. The number of hydrogen-bond donors (Lipinski definition) is 1. The highest BCUT2D eigenvalue weighted by atomic mass is 16.5. The molecule has 6 heteroatoms. The molecule has 0 aliphatic carbocycles. The zero-order valence-corrected chi connectivity index (χ0v) is 13.5. The normalized spacial score (nSPS) is 10.2. The van der Waals surface area contributed by atoms with E-state index in [1.807, 2.05) is 13.0 Å². The van der Waals surface area contributed by atoms with Gasteiger partial charge in [0.15, 0.2) is 5.75 Å². The number of benzene rings is 1. The molecule has 1 aromatic carbocycles. The lowest BCUT2D eigenvalue weighted by Crippen LogP contribution is -2.22. The molecule has 0 bridgehead atoms. The Morgan fingerprint density at radius 2 is 1.78 bits per heavy atom. The van der Waals surface area contributed by atoms with Crippen LogP contribution >= 0.6 is 0 Å². The standard InChI is InChI=1S/C17H20N2O4/c1-4-22-15-9-7-6-8-12(15)18-17(21)13-10-14(20)16(23-5-2)11-19(13)3/h6-11H,4-5H2,1-3H3,(H,18,21). The van der Waals surface area contributed by atoms with Crippen LogP contribution in [-0.2, 0) is 7.05 Å². The second kappa shape index (κ2) is 7.49. The predicted octanol–water partition coefficient (Wildman–Crippen LogP) is 2.44. The van der Waals surface area contributed by atoms with Gasteiger partial charge in [0.1, 0.15) is 11.4 Å². The van der Waals surface area contributed by atoms with E-state index in [9.17, 15) is 9.59 Å². The fourth-order valence-corrected chi connectivity index (χ4v) is 2.13. The largest absolute Gasteiger partial charge is 0.492 e. The number of anilines is 1. The Morgan fingerprint density at radius 3 is 2.48 bits per heavy atom. The van der Waals surface area contributed by atoms with Crippen LogP contribution in [0.4, 0.5) is 5.69 Å². The Morgan fingerprint density at radius 1 is 1.13 bits per heavy atom. The molecule has 0 radical (unpaired) electrons. The number of ether oxygens (including phenoxy) is 2. The number of nitrogens with one attached hydrogen (secondary N) is 1. The average Bonchev–Trinajstić information content (AvgIpc) is 2.53. The van der Waals surface area contributed by atoms with Crippen LogP contribution in [0.2, 0.25) is 0 Å². The van der Waals surface area contributed by atoms with Gasteiger partial charge in [-0.2, -0.15) is 0 Å². The summed E-state index contributed by atoms with van der Waals surface area (Å²) >= 11 is 0. The lowest BCUT2D eigenvalue weighted by Gasteiger charge is -2.13. The predicted molar refractivity (Wildman–Crippen MR) is 88.4 cm³/mol. The summed E-state index contributed by atoms with van der Waals surface area (Å²) in [6.45, 7) is 4.55. The number of amides is 1. The monoisotopic (exact) mass is 316 g/mol. The third kappa shape index (κ3) is 3.91. The highest BCUT2D eigenvalue weighted by molar-refractivity contribution is 6.03. The van der Waals surface area contributed by atoms with E-state index >= 15 is 0 Å². The van der Waals surface area contributed by atoms with Gasteiger partial charge in [-0.3, -0.25) is 9.59 Å². The van der Waals surface area contributed by atoms with Gasteiger partial charge in [0.05, 0.1) is 25.1 Å². The van der Waals surface area contributed by atoms with Gasteiger partial charge in [0.2, 0.25) is 5.43 Å². The third-order valence-electron chi connectivity index (χ3n) is 3.17. The lowest BCUT2D eigenvalue weighted by atomic mass is 10.2. The van der Waals surface area contributed by atoms with E-state index in [2.05, 4.69) is 5.32 Å². The minimum atomic E-state index is -0.389. The van der Waals surface area contributed by atoms with Crippen molar-refractivity contribution in [2.45, 2.75) is 13.8 Å². The molecule has 122 valence electrons. The molecular formula is C17H20N2O4. The molecule has 6 nitrogen and oxygen atoms in total. The first-order valence-electron chi connectivity index (χ1n) is 7.43. The minimum absolute atomic E-state index is 0.223. The zero-order valence-electron chi connectivity index (χ0n) is 13.5. The Bertz CT molecular complexity index is 752. The van der Waals surface area contributed by atoms with Crippen molar-refractivity contribution in [3.63, 3.8) is 0 Å². The molecule has 0 aliphatic rings. The number of para-hydroxylation sites is 2. The average molecular weight is 316 g/mol. The van der Waals surface area contributed by atoms with E-state index in [4.69, 9.17) is 9.47 Å². The molecular weight excluding hydrogens is 296 g/mol. The number of rotatable bonds is 6. The van der Waals surface area contributed by atoms with Gasteiger partial charge in [-0.15, -0.1) is 0 Å². The number of carbonyl (C=O) groups is 1. The van der Waals surface area contributed by atoms with E-state index in [0.717, 1.165) is 0 Å². The lowest BCUT2D eigenvalue weighted by molar-refractivity contribution is 0.101. The molecule has 2 rings (SSSR count). The van der Waals surface area contributed by atoms with E-state index in [1.165, 1.54) is 12.3 Å². The Kier molecular flexibility index (Phi) is 5.41. The first-order valence-corrected chi connectivity index (χ1v) is 7.43. The summed E-state index contributed by atoms with van der Waals surface area (Å²) in [5, 5.41) is 2.77. The van der Waals surface area contributed by atoms with Gasteiger partial charge in [-0.25, -0.2) is 0 Å². The Labute approximate surface area is 134 Å². The van der Waals surface area contributed by atoms with E-state index in [-0.39, 0.29) is 22.8 Å². The first kappa shape index (κ1) is 16.6. The fourth-order valence-electron chi connectivity index (χ4n) is 2.13. The van der Waals surface area contributed by atoms with Crippen molar-refractivity contribution in [2.24, 2.45) is 7.05 Å². The van der Waals surface area contributed by atoms with Crippen LogP contribution in [0.5, 0.6) is 11.5 Å². The summed E-state index contributed by atoms with van der Waals surface area (Å²) in [7, 11) is 1.69. The molecule has 0 fully saturated rings. The van der Waals surface area contributed by atoms with Gasteiger partial charge in [-0.05, 0) is 26.0 Å². The summed E-state index contributed by atoms with van der Waals surface area (Å²) in [6.07, 6.45) is 1.51. The number of aryl methyl sites for hydroxylation is 1. The van der Waals surface area contributed by atoms with Gasteiger partial charge >= 0.3 is 0 Å². The van der Waals surface area contributed by atoms with Gasteiger partial charge < -0.3 is 19.4 Å². The SMILES string of the molecule is CCOc1ccccc1NC(=O)c1cc(=O)c(OCC)cn1C. The maximum absolute atomic E-state index is 12.4. The summed E-state index contributed by atoms with van der Waals surface area (Å²) in [6, 6.07) is 8.41. The second-order valence-corrected chi connectivity index (χ2v) is 4.81. The molecule has 1 aromatic heterocycles. The maximum atomic E-state index is 12.4. The second-order valence-electron chi connectivity index (χ2n) is 4.81. The topological polar surface area (TPSA) is 69.6 Å². The van der Waals surface area contributed by atoms with Crippen molar-refractivity contribution < 1.29 is 14.3 Å². The van der Waals surface area contributed by atoms with Gasteiger partial charge in [0, 0.05) is 13.1 Å². The summed E-state index contributed by atoms with van der Waals surface area (Å²) in [5.41, 5.74) is 0.471. The first-order chi connectivity index (χ1) is 11.1. The van der Waals surface area contributed by atoms with Crippen molar-refractivity contribution in [1.82, 2.24) is 4.57 Å². The van der Waals surface area contributed by atoms with Crippen molar-refractivity contribution in [2.75, 3.05) is 18.5 Å². The smallest absolute Gasteiger partial charge is 0.272 e. The van der Waals surface area contributed by atoms with Crippen LogP contribution in [0.15, 0.2) is 41.3 Å². The van der Waals surface area contributed by atoms with Crippen molar-refractivity contribution in [1.29, 1.82) is 0 Å². The van der Waals surface area contributed by atoms with E-state index in [1.54, 1.807) is 36.7 Å².